The summed E-state index contributed by atoms with van der Waals surface area (Å²) < 4.78 is 16.1. The Balaban J connectivity index is 1.50. The van der Waals surface area contributed by atoms with Gasteiger partial charge in [-0.3, -0.25) is 14.9 Å². The first-order chi connectivity index (χ1) is 14.9. The van der Waals surface area contributed by atoms with Crippen molar-refractivity contribution >= 4 is 23.5 Å². The summed E-state index contributed by atoms with van der Waals surface area (Å²) in [5.74, 6) is 0.342. The highest BCUT2D eigenvalue weighted by Crippen LogP contribution is 2.35. The minimum absolute atomic E-state index is 0.128. The van der Waals surface area contributed by atoms with E-state index in [-0.39, 0.29) is 34.3 Å². The van der Waals surface area contributed by atoms with Crippen LogP contribution in [0.3, 0.4) is 0 Å². The van der Waals surface area contributed by atoms with Gasteiger partial charge in [0, 0.05) is 18.2 Å². The number of allylic oxidation sites excluding steroid dienone is 1. The van der Waals surface area contributed by atoms with E-state index in [9.17, 15) is 19.7 Å². The fourth-order valence-corrected chi connectivity index (χ4v) is 2.97. The number of carbonyl (C=O) groups excluding carboxylic acids is 2. The van der Waals surface area contributed by atoms with Gasteiger partial charge in [0.05, 0.1) is 23.2 Å². The molecule has 8 heteroatoms. The number of esters is 1. The summed E-state index contributed by atoms with van der Waals surface area (Å²) in [6.45, 7) is 0. The number of non-ortho nitro benzene ring substituents is 1. The van der Waals surface area contributed by atoms with E-state index >= 15 is 0 Å². The molecule has 1 aliphatic heterocycles. The van der Waals surface area contributed by atoms with Crippen molar-refractivity contribution in [2.24, 2.45) is 0 Å². The molecule has 4 rings (SSSR count). The summed E-state index contributed by atoms with van der Waals surface area (Å²) >= 11 is 0. The lowest BCUT2D eigenvalue weighted by Gasteiger charge is -2.05. The summed E-state index contributed by atoms with van der Waals surface area (Å²) in [5.41, 5.74) is 1.15. The van der Waals surface area contributed by atoms with Crippen molar-refractivity contribution in [1.29, 1.82) is 0 Å². The molecule has 3 aromatic carbocycles. The molecule has 0 saturated carbocycles. The van der Waals surface area contributed by atoms with E-state index in [2.05, 4.69) is 0 Å². The number of nitro benzene ring substituents is 1. The van der Waals surface area contributed by atoms with E-state index in [1.54, 1.807) is 37.5 Å². The van der Waals surface area contributed by atoms with E-state index in [1.165, 1.54) is 42.5 Å². The summed E-state index contributed by atoms with van der Waals surface area (Å²) in [7, 11) is 1.57. The average molecular weight is 417 g/mol. The van der Waals surface area contributed by atoms with Crippen LogP contribution >= 0.6 is 0 Å². The largest absolute Gasteiger partial charge is 0.497 e. The monoisotopic (exact) mass is 417 g/mol. The number of ketones is 1. The zero-order valence-electron chi connectivity index (χ0n) is 16.2. The summed E-state index contributed by atoms with van der Waals surface area (Å²) in [4.78, 5) is 35.0. The molecule has 0 unspecified atom stereocenters. The molecule has 8 nitrogen and oxygen atoms in total. The Kier molecular flexibility index (Phi) is 5.19. The van der Waals surface area contributed by atoms with Crippen molar-refractivity contribution in [3.63, 3.8) is 0 Å². The number of benzene rings is 3. The quantitative estimate of drug-likeness (QED) is 0.199. The van der Waals surface area contributed by atoms with Crippen molar-refractivity contribution in [3.05, 3.63) is 99.3 Å². The molecule has 0 atom stereocenters. The first-order valence-corrected chi connectivity index (χ1v) is 9.13. The number of ether oxygens (including phenoxy) is 3. The van der Waals surface area contributed by atoms with Crippen LogP contribution in [-0.2, 0) is 0 Å². The Morgan fingerprint density at radius 1 is 1.00 bits per heavy atom. The van der Waals surface area contributed by atoms with E-state index in [1.807, 2.05) is 0 Å². The van der Waals surface area contributed by atoms with Gasteiger partial charge in [0.1, 0.15) is 17.2 Å². The molecule has 0 saturated heterocycles. The molecule has 0 aliphatic carbocycles. The van der Waals surface area contributed by atoms with E-state index in [0.717, 1.165) is 5.56 Å². The minimum Gasteiger partial charge on any atom is -0.497 e. The second-order valence-corrected chi connectivity index (χ2v) is 6.56. The van der Waals surface area contributed by atoms with Gasteiger partial charge in [-0.15, -0.1) is 0 Å². The highest BCUT2D eigenvalue weighted by molar-refractivity contribution is 6.14. The predicted molar refractivity (Wildman–Crippen MR) is 110 cm³/mol. The maximum Gasteiger partial charge on any atom is 0.343 e. The van der Waals surface area contributed by atoms with Crippen molar-refractivity contribution in [1.82, 2.24) is 0 Å². The normalized spacial score (nSPS) is 13.5. The Bertz CT molecular complexity index is 1210. The molecule has 1 heterocycles. The van der Waals surface area contributed by atoms with Gasteiger partial charge in [0.15, 0.2) is 5.76 Å². The van der Waals surface area contributed by atoms with Crippen LogP contribution in [0.5, 0.6) is 17.2 Å². The molecule has 1 aliphatic rings. The molecule has 0 radical (unpaired) electrons. The lowest BCUT2D eigenvalue weighted by Crippen LogP contribution is -2.08. The van der Waals surface area contributed by atoms with Crippen LogP contribution in [0.25, 0.3) is 6.08 Å². The fourth-order valence-electron chi connectivity index (χ4n) is 2.97. The van der Waals surface area contributed by atoms with Gasteiger partial charge in [-0.2, -0.15) is 0 Å². The molecule has 154 valence electrons. The third-order valence-electron chi connectivity index (χ3n) is 4.58. The third-order valence-corrected chi connectivity index (χ3v) is 4.58. The first-order valence-electron chi connectivity index (χ1n) is 9.13. The zero-order chi connectivity index (χ0) is 22.0. The number of rotatable bonds is 5. The molecular weight excluding hydrogens is 402 g/mol. The first kappa shape index (κ1) is 19.8. The Morgan fingerprint density at radius 3 is 2.32 bits per heavy atom. The van der Waals surface area contributed by atoms with Crippen LogP contribution in [0, 0.1) is 10.1 Å². The van der Waals surface area contributed by atoms with Gasteiger partial charge < -0.3 is 14.2 Å². The molecule has 3 aromatic rings. The number of hydrogen-bond donors (Lipinski definition) is 0. The smallest absolute Gasteiger partial charge is 0.343 e. The molecule has 0 N–H and O–H groups in total. The number of fused-ring (bicyclic) bond motifs is 1. The third kappa shape index (κ3) is 4.13. The van der Waals surface area contributed by atoms with Crippen LogP contribution in [-0.4, -0.2) is 23.8 Å². The van der Waals surface area contributed by atoms with Gasteiger partial charge >= 0.3 is 5.97 Å². The number of carbonyl (C=O) groups is 2. The van der Waals surface area contributed by atoms with Gasteiger partial charge in [0.2, 0.25) is 5.78 Å². The highest BCUT2D eigenvalue weighted by Gasteiger charge is 2.28. The minimum atomic E-state index is -0.687. The maximum absolute atomic E-state index is 12.6. The topological polar surface area (TPSA) is 105 Å². The molecule has 0 bridgehead atoms. The van der Waals surface area contributed by atoms with Crippen molar-refractivity contribution in [2.75, 3.05) is 7.11 Å². The number of hydrogen-bond acceptors (Lipinski definition) is 7. The Labute approximate surface area is 176 Å². The number of Topliss-reactive ketones (excluding diaryl/α,β-unsaturated/α-hetero) is 1. The van der Waals surface area contributed by atoms with Gasteiger partial charge in [-0.05, 0) is 48.0 Å². The lowest BCUT2D eigenvalue weighted by molar-refractivity contribution is -0.384. The number of methoxy groups -OCH3 is 1. The van der Waals surface area contributed by atoms with E-state index in [4.69, 9.17) is 14.2 Å². The molecule has 0 fully saturated rings. The van der Waals surface area contributed by atoms with Crippen molar-refractivity contribution in [2.45, 2.75) is 0 Å². The van der Waals surface area contributed by atoms with E-state index < -0.39 is 10.9 Å². The average Bonchev–Trinajstić information content (AvgIpc) is 3.08. The zero-order valence-corrected chi connectivity index (χ0v) is 16.2. The number of nitro groups is 1. The Hall–Kier alpha value is -4.46. The molecule has 0 spiro atoms. The second kappa shape index (κ2) is 8.11. The maximum atomic E-state index is 12.6. The second-order valence-electron chi connectivity index (χ2n) is 6.56. The Morgan fingerprint density at radius 2 is 1.68 bits per heavy atom. The highest BCUT2D eigenvalue weighted by atomic mass is 16.6. The summed E-state index contributed by atoms with van der Waals surface area (Å²) in [6.07, 6.45) is 1.62. The molecular formula is C23H15NO7. The summed E-state index contributed by atoms with van der Waals surface area (Å²) in [5, 5.41) is 10.7. The van der Waals surface area contributed by atoms with Crippen LogP contribution in [0.2, 0.25) is 0 Å². The fraction of sp³-hybridized carbons (Fsp3) is 0.0435. The lowest BCUT2D eigenvalue weighted by atomic mass is 10.1. The van der Waals surface area contributed by atoms with Crippen LogP contribution in [0.15, 0.2) is 72.5 Å². The van der Waals surface area contributed by atoms with Crippen LogP contribution < -0.4 is 14.2 Å². The summed E-state index contributed by atoms with van der Waals surface area (Å²) in [6, 6.07) is 16.6. The van der Waals surface area contributed by atoms with Crippen molar-refractivity contribution in [3.8, 4) is 17.2 Å². The van der Waals surface area contributed by atoms with Gasteiger partial charge in [-0.1, -0.05) is 12.1 Å². The number of nitrogens with zero attached hydrogens (tertiary/aromatic N) is 1. The van der Waals surface area contributed by atoms with E-state index in [0.29, 0.717) is 11.3 Å². The molecule has 0 amide bonds. The van der Waals surface area contributed by atoms with Gasteiger partial charge in [0.25, 0.3) is 5.69 Å². The standard InChI is InChI=1S/C23H15NO7/c1-29-17-8-2-14(3-9-17)12-21-22(25)19-11-10-18(13-20(19)31-21)30-23(26)15-4-6-16(7-5-15)24(27)28/h2-13H,1H3/b21-12-. The molecule has 31 heavy (non-hydrogen) atoms. The predicted octanol–water partition coefficient (Wildman–Crippen LogP) is 4.44. The van der Waals surface area contributed by atoms with Crippen molar-refractivity contribution < 1.29 is 28.7 Å². The SMILES string of the molecule is COc1ccc(/C=C2\Oc3cc(OC(=O)c4ccc([N+](=O)[O-])cc4)ccc3C2=O)cc1. The van der Waals surface area contributed by atoms with Crippen LogP contribution in [0.1, 0.15) is 26.3 Å². The van der Waals surface area contributed by atoms with Crippen LogP contribution in [0.4, 0.5) is 5.69 Å². The van der Waals surface area contributed by atoms with Gasteiger partial charge in [-0.25, -0.2) is 4.79 Å². The molecule has 0 aromatic heterocycles.